The Bertz CT molecular complexity index is 1640. The summed E-state index contributed by atoms with van der Waals surface area (Å²) in [5.41, 5.74) is 2.87. The number of aromatic nitrogens is 3. The molecule has 0 atom stereocenters. The summed E-state index contributed by atoms with van der Waals surface area (Å²) in [6.07, 6.45) is 3.62. The van der Waals surface area contributed by atoms with Crippen LogP contribution in [0.2, 0.25) is 0 Å². The van der Waals surface area contributed by atoms with Crippen LogP contribution in [-0.2, 0) is 16.1 Å². The molecule has 0 amide bonds. The number of benzene rings is 3. The number of hydrogen-bond donors (Lipinski definition) is 0. The summed E-state index contributed by atoms with van der Waals surface area (Å²) < 4.78 is 54.6. The number of esters is 1. The molecule has 0 fully saturated rings. The lowest BCUT2D eigenvalue weighted by atomic mass is 10.0. The van der Waals surface area contributed by atoms with Gasteiger partial charge in [-0.25, -0.2) is 27.9 Å². The first kappa shape index (κ1) is 26.9. The van der Waals surface area contributed by atoms with Crippen molar-refractivity contribution < 1.29 is 27.4 Å². The summed E-state index contributed by atoms with van der Waals surface area (Å²) in [6.45, 7) is 5.44. The van der Waals surface area contributed by atoms with E-state index >= 15 is 0 Å². The average Bonchev–Trinajstić information content (AvgIpc) is 3.32. The van der Waals surface area contributed by atoms with Crippen LogP contribution >= 0.6 is 0 Å². The zero-order chi connectivity index (χ0) is 28.4. The fraction of sp³-hybridized carbons (Fsp3) is 0.194. The van der Waals surface area contributed by atoms with E-state index in [2.05, 4.69) is 9.97 Å². The second-order valence-electron chi connectivity index (χ2n) is 10.2. The third kappa shape index (κ3) is 6.14. The third-order valence-corrected chi connectivity index (χ3v) is 5.96. The summed E-state index contributed by atoms with van der Waals surface area (Å²) in [5, 5.41) is 0. The van der Waals surface area contributed by atoms with Gasteiger partial charge < -0.3 is 14.0 Å². The molecular formula is C31H26F3N3O3. The van der Waals surface area contributed by atoms with Crippen LogP contribution in [0.5, 0.6) is 5.75 Å². The summed E-state index contributed by atoms with van der Waals surface area (Å²) in [4.78, 5) is 20.8. The second kappa shape index (κ2) is 10.8. The number of rotatable bonds is 7. The van der Waals surface area contributed by atoms with Crippen molar-refractivity contribution in [2.45, 2.75) is 32.9 Å². The van der Waals surface area contributed by atoms with Gasteiger partial charge in [-0.2, -0.15) is 0 Å². The number of carbonyl (C=O) groups is 1. The zero-order valence-electron chi connectivity index (χ0n) is 22.1. The number of pyridine rings is 1. The number of hydrogen-bond acceptors (Lipinski definition) is 5. The van der Waals surface area contributed by atoms with Crippen LogP contribution in [0.15, 0.2) is 79.1 Å². The fourth-order valence-corrected chi connectivity index (χ4v) is 4.21. The maximum absolute atomic E-state index is 14.2. The molecule has 0 aromatic heterocycles. The molecule has 2 heterocycles. The lowest BCUT2D eigenvalue weighted by Gasteiger charge is -2.20. The Morgan fingerprint density at radius 1 is 0.900 bits per heavy atom. The molecule has 0 saturated heterocycles. The highest BCUT2D eigenvalue weighted by Crippen LogP contribution is 2.32. The van der Waals surface area contributed by atoms with Gasteiger partial charge in [0.1, 0.15) is 22.9 Å². The van der Waals surface area contributed by atoms with Gasteiger partial charge in [-0.05, 0) is 62.2 Å². The first-order chi connectivity index (χ1) is 19.1. The van der Waals surface area contributed by atoms with E-state index < -0.39 is 29.0 Å². The predicted molar refractivity (Wildman–Crippen MR) is 144 cm³/mol. The van der Waals surface area contributed by atoms with Gasteiger partial charge >= 0.3 is 5.97 Å². The molecule has 3 aromatic rings. The smallest absolute Gasteiger partial charge is 0.344 e. The lowest BCUT2D eigenvalue weighted by Crippen LogP contribution is -2.27. The quantitative estimate of drug-likeness (QED) is 0.208. The number of fused-ring (bicyclic) bond motifs is 1. The average molecular weight is 546 g/mol. The van der Waals surface area contributed by atoms with Crippen LogP contribution < -0.4 is 4.74 Å². The highest BCUT2D eigenvalue weighted by Gasteiger charge is 2.19. The van der Waals surface area contributed by atoms with Crippen molar-refractivity contribution >= 4 is 5.97 Å². The molecule has 0 bridgehead atoms. The Morgan fingerprint density at radius 3 is 2.40 bits per heavy atom. The molecule has 0 N–H and O–H groups in total. The molecule has 5 rings (SSSR count). The second-order valence-corrected chi connectivity index (χ2v) is 10.2. The van der Waals surface area contributed by atoms with E-state index in [-0.39, 0.29) is 23.7 Å². The highest BCUT2D eigenvalue weighted by atomic mass is 19.2. The van der Waals surface area contributed by atoms with Gasteiger partial charge in [0.15, 0.2) is 24.1 Å². The minimum absolute atomic E-state index is 0.00794. The van der Waals surface area contributed by atoms with Crippen LogP contribution in [-0.4, -0.2) is 32.7 Å². The molecule has 6 nitrogen and oxygen atoms in total. The van der Waals surface area contributed by atoms with Crippen LogP contribution in [0.1, 0.15) is 26.3 Å². The molecule has 0 radical (unpaired) electrons. The largest absolute Gasteiger partial charge is 0.481 e. The predicted octanol–water partition coefficient (Wildman–Crippen LogP) is 6.90. The Kier molecular flexibility index (Phi) is 7.30. The number of carbonyl (C=O) groups excluding carboxylic acids is 1. The number of ether oxygens (including phenoxy) is 2. The number of imidazole rings is 1. The standard InChI is InChI=1S/C31H26F3N3O3/c1-31(2,3)40-28(38)18-39-27-15-21(32)11-12-22(27)20-9-7-19(8-10-20)16-37-14-13-25-26(17-37)36-30(35-25)23-5-4-6-24(33)29(23)34/h4-15,17H,16,18H2,1-3H3. The summed E-state index contributed by atoms with van der Waals surface area (Å²) in [7, 11) is 0. The van der Waals surface area contributed by atoms with Gasteiger partial charge in [0.2, 0.25) is 0 Å². The maximum atomic E-state index is 14.2. The van der Waals surface area contributed by atoms with Crippen molar-refractivity contribution in [1.82, 2.24) is 14.5 Å². The zero-order valence-corrected chi connectivity index (χ0v) is 22.1. The van der Waals surface area contributed by atoms with Crippen molar-refractivity contribution in [2.24, 2.45) is 0 Å². The van der Waals surface area contributed by atoms with Crippen molar-refractivity contribution in [2.75, 3.05) is 6.61 Å². The van der Waals surface area contributed by atoms with E-state index in [0.717, 1.165) is 17.2 Å². The van der Waals surface area contributed by atoms with E-state index in [0.29, 0.717) is 23.5 Å². The van der Waals surface area contributed by atoms with Crippen molar-refractivity contribution in [1.29, 1.82) is 0 Å². The minimum Gasteiger partial charge on any atom is -0.481 e. The van der Waals surface area contributed by atoms with Crippen LogP contribution in [0.25, 0.3) is 33.9 Å². The van der Waals surface area contributed by atoms with Crippen LogP contribution in [0, 0.1) is 17.5 Å². The minimum atomic E-state index is -0.981. The van der Waals surface area contributed by atoms with Gasteiger partial charge in [0, 0.05) is 30.6 Å². The van der Waals surface area contributed by atoms with Gasteiger partial charge in [-0.1, -0.05) is 30.3 Å². The maximum Gasteiger partial charge on any atom is 0.344 e. The molecule has 3 aromatic carbocycles. The number of nitrogens with zero attached hydrogens (tertiary/aromatic N) is 3. The van der Waals surface area contributed by atoms with Crippen LogP contribution in [0.4, 0.5) is 13.2 Å². The molecule has 40 heavy (non-hydrogen) atoms. The summed E-state index contributed by atoms with van der Waals surface area (Å²) >= 11 is 0. The first-order valence-electron chi connectivity index (χ1n) is 12.6. The van der Waals surface area contributed by atoms with Gasteiger partial charge in [0.25, 0.3) is 0 Å². The van der Waals surface area contributed by atoms with E-state index in [1.54, 1.807) is 39.1 Å². The Balaban J connectivity index is 1.32. The lowest BCUT2D eigenvalue weighted by molar-refractivity contribution is -0.157. The van der Waals surface area contributed by atoms with Crippen molar-refractivity contribution in [3.63, 3.8) is 0 Å². The SMILES string of the molecule is CC(C)(C)OC(=O)COc1cc(F)ccc1-c1ccc(Cn2ccc3nc(-c4cccc(F)c4F)nc-3c2)cc1. The summed E-state index contributed by atoms with van der Waals surface area (Å²) in [5.74, 6) is -2.60. The first-order valence-corrected chi connectivity index (χ1v) is 12.6. The summed E-state index contributed by atoms with van der Waals surface area (Å²) in [6, 6.07) is 17.5. The Morgan fingerprint density at radius 2 is 1.65 bits per heavy atom. The van der Waals surface area contributed by atoms with Crippen LogP contribution in [0.3, 0.4) is 0 Å². The van der Waals surface area contributed by atoms with Crippen molar-refractivity contribution in [3.05, 3.63) is 102 Å². The molecule has 0 spiro atoms. The van der Waals surface area contributed by atoms with E-state index in [1.165, 1.54) is 24.3 Å². The Hall–Kier alpha value is -4.66. The molecule has 0 aliphatic carbocycles. The van der Waals surface area contributed by atoms with E-state index in [9.17, 15) is 18.0 Å². The topological polar surface area (TPSA) is 66.2 Å². The number of halogens is 3. The molecule has 0 unspecified atom stereocenters. The molecule has 2 aliphatic heterocycles. The molecular weight excluding hydrogens is 519 g/mol. The molecule has 2 aliphatic rings. The molecule has 9 heteroatoms. The molecule has 204 valence electrons. The Labute approximate surface area is 229 Å². The van der Waals surface area contributed by atoms with Crippen molar-refractivity contribution in [3.8, 4) is 39.7 Å². The van der Waals surface area contributed by atoms with E-state index in [4.69, 9.17) is 9.47 Å². The molecule has 0 saturated carbocycles. The van der Waals surface area contributed by atoms with Gasteiger partial charge in [-0.3, -0.25) is 0 Å². The third-order valence-electron chi connectivity index (χ3n) is 5.96. The van der Waals surface area contributed by atoms with E-state index in [1.807, 2.05) is 35.0 Å². The normalized spacial score (nSPS) is 11.6. The fourth-order valence-electron chi connectivity index (χ4n) is 4.21. The van der Waals surface area contributed by atoms with Gasteiger partial charge in [-0.15, -0.1) is 0 Å². The monoisotopic (exact) mass is 545 g/mol. The highest BCUT2D eigenvalue weighted by molar-refractivity contribution is 5.74. The van der Waals surface area contributed by atoms with Gasteiger partial charge in [0.05, 0.1) is 11.3 Å².